The molecule has 0 aromatic heterocycles. The molecule has 1 unspecified atom stereocenters. The number of rotatable bonds is 9. The van der Waals surface area contributed by atoms with Gasteiger partial charge in [-0.05, 0) is 44.7 Å². The summed E-state index contributed by atoms with van der Waals surface area (Å²) in [7, 11) is -3.92. The van der Waals surface area contributed by atoms with Gasteiger partial charge in [0.05, 0.1) is 4.90 Å². The Morgan fingerprint density at radius 2 is 1.81 bits per heavy atom. The maximum atomic E-state index is 12.1. The number of esters is 1. The summed E-state index contributed by atoms with van der Waals surface area (Å²) in [4.78, 5) is 34.4. The van der Waals surface area contributed by atoms with E-state index in [0.29, 0.717) is 11.5 Å². The third kappa shape index (κ3) is 5.92. The minimum absolute atomic E-state index is 0.0395. The molecule has 1 atom stereocenters. The standard InChI is InChI=1S/C17H22N2O6S/c1-11(13-3-4-13)19-16(21)10-25-17(22)9-18-26(23,24)15-7-5-14(6-8-15)12(2)20/h5-8,11,13,18H,3-4,9-10H2,1-2H3,(H,19,21). The van der Waals surface area contributed by atoms with Gasteiger partial charge < -0.3 is 10.1 Å². The SMILES string of the molecule is CC(=O)c1ccc(S(=O)(=O)NCC(=O)OCC(=O)NC(C)C2CC2)cc1. The van der Waals surface area contributed by atoms with Crippen molar-refractivity contribution < 1.29 is 27.5 Å². The Morgan fingerprint density at radius 1 is 1.19 bits per heavy atom. The van der Waals surface area contributed by atoms with E-state index < -0.39 is 35.1 Å². The van der Waals surface area contributed by atoms with Gasteiger partial charge in [0, 0.05) is 11.6 Å². The van der Waals surface area contributed by atoms with E-state index in [4.69, 9.17) is 4.74 Å². The molecule has 1 aromatic rings. The molecule has 1 aliphatic carbocycles. The maximum absolute atomic E-state index is 12.1. The van der Waals surface area contributed by atoms with Crippen LogP contribution >= 0.6 is 0 Å². The second-order valence-corrected chi connectivity index (χ2v) is 8.03. The van der Waals surface area contributed by atoms with Crippen molar-refractivity contribution in [2.75, 3.05) is 13.2 Å². The number of Topliss-reactive ketones (excluding diaryl/α,β-unsaturated/α-hetero) is 1. The number of sulfonamides is 1. The number of ketones is 1. The molecule has 142 valence electrons. The van der Waals surface area contributed by atoms with Crippen molar-refractivity contribution in [1.82, 2.24) is 10.0 Å². The van der Waals surface area contributed by atoms with Crippen LogP contribution in [-0.4, -0.2) is 45.3 Å². The summed E-state index contributed by atoms with van der Waals surface area (Å²) in [6.45, 7) is 2.22. The average molecular weight is 382 g/mol. The lowest BCUT2D eigenvalue weighted by Gasteiger charge is -2.13. The number of hydrogen-bond donors (Lipinski definition) is 2. The van der Waals surface area contributed by atoms with Crippen LogP contribution in [-0.2, 0) is 24.3 Å². The highest BCUT2D eigenvalue weighted by molar-refractivity contribution is 7.89. The van der Waals surface area contributed by atoms with Gasteiger partial charge in [0.1, 0.15) is 6.54 Å². The highest BCUT2D eigenvalue weighted by Crippen LogP contribution is 2.32. The first kappa shape index (κ1) is 20.1. The van der Waals surface area contributed by atoms with Crippen LogP contribution in [0.3, 0.4) is 0 Å². The molecule has 1 amide bonds. The van der Waals surface area contributed by atoms with Crippen LogP contribution in [0.4, 0.5) is 0 Å². The topological polar surface area (TPSA) is 119 Å². The van der Waals surface area contributed by atoms with Gasteiger partial charge in [0.25, 0.3) is 5.91 Å². The fourth-order valence-corrected chi connectivity index (χ4v) is 3.28. The third-order valence-corrected chi connectivity index (χ3v) is 5.48. The molecule has 9 heteroatoms. The molecular formula is C17H22N2O6S. The molecule has 1 aliphatic rings. The first-order valence-electron chi connectivity index (χ1n) is 8.24. The minimum atomic E-state index is -3.92. The van der Waals surface area contributed by atoms with Crippen molar-refractivity contribution in [3.63, 3.8) is 0 Å². The fraction of sp³-hybridized carbons (Fsp3) is 0.471. The number of nitrogens with one attached hydrogen (secondary N) is 2. The zero-order valence-electron chi connectivity index (χ0n) is 14.7. The Kier molecular flexibility index (Phi) is 6.49. The molecule has 0 saturated heterocycles. The van der Waals surface area contributed by atoms with Crippen molar-refractivity contribution in [2.45, 2.75) is 37.6 Å². The molecule has 8 nitrogen and oxygen atoms in total. The second-order valence-electron chi connectivity index (χ2n) is 6.26. The first-order chi connectivity index (χ1) is 12.2. The van der Waals surface area contributed by atoms with Crippen LogP contribution in [0.5, 0.6) is 0 Å². The van der Waals surface area contributed by atoms with Crippen LogP contribution in [0.2, 0.25) is 0 Å². The Labute approximate surface area is 152 Å². The predicted molar refractivity (Wildman–Crippen MR) is 92.9 cm³/mol. The molecule has 1 fully saturated rings. The van der Waals surface area contributed by atoms with Gasteiger partial charge in [0.2, 0.25) is 10.0 Å². The van der Waals surface area contributed by atoms with E-state index in [9.17, 15) is 22.8 Å². The Bertz CT molecular complexity index is 784. The lowest BCUT2D eigenvalue weighted by atomic mass is 10.2. The number of benzene rings is 1. The predicted octanol–water partition coefficient (Wildman–Crippen LogP) is 0.625. The van der Waals surface area contributed by atoms with E-state index in [0.717, 1.165) is 12.8 Å². The van der Waals surface area contributed by atoms with Gasteiger partial charge in [-0.1, -0.05) is 12.1 Å². The zero-order chi connectivity index (χ0) is 19.3. The van der Waals surface area contributed by atoms with Gasteiger partial charge in [-0.3, -0.25) is 14.4 Å². The van der Waals surface area contributed by atoms with Crippen LogP contribution in [0.25, 0.3) is 0 Å². The molecule has 26 heavy (non-hydrogen) atoms. The van der Waals surface area contributed by atoms with E-state index in [-0.39, 0.29) is 16.7 Å². The van der Waals surface area contributed by atoms with E-state index in [1.54, 1.807) is 0 Å². The molecular weight excluding hydrogens is 360 g/mol. The van der Waals surface area contributed by atoms with Gasteiger partial charge in [-0.25, -0.2) is 8.42 Å². The molecule has 0 spiro atoms. The smallest absolute Gasteiger partial charge is 0.321 e. The molecule has 0 aliphatic heterocycles. The number of ether oxygens (including phenoxy) is 1. The van der Waals surface area contributed by atoms with Crippen LogP contribution in [0.1, 0.15) is 37.0 Å². The van der Waals surface area contributed by atoms with Crippen LogP contribution in [0.15, 0.2) is 29.2 Å². The van der Waals surface area contributed by atoms with Crippen molar-refractivity contribution in [3.05, 3.63) is 29.8 Å². The summed E-state index contributed by atoms with van der Waals surface area (Å²) in [5, 5.41) is 2.73. The summed E-state index contributed by atoms with van der Waals surface area (Å²) >= 11 is 0. The number of carbonyl (C=O) groups is 3. The number of amides is 1. The van der Waals surface area contributed by atoms with Crippen LogP contribution < -0.4 is 10.0 Å². The number of carbonyl (C=O) groups excluding carboxylic acids is 3. The molecule has 1 aromatic carbocycles. The fourth-order valence-electron chi connectivity index (χ4n) is 2.31. The minimum Gasteiger partial charge on any atom is -0.455 e. The van der Waals surface area contributed by atoms with Crippen molar-refractivity contribution in [3.8, 4) is 0 Å². The monoisotopic (exact) mass is 382 g/mol. The van der Waals surface area contributed by atoms with Crippen molar-refractivity contribution in [2.24, 2.45) is 5.92 Å². The third-order valence-electron chi connectivity index (χ3n) is 4.06. The number of hydrogen-bond acceptors (Lipinski definition) is 6. The van der Waals surface area contributed by atoms with E-state index in [2.05, 4.69) is 10.0 Å². The van der Waals surface area contributed by atoms with Crippen molar-refractivity contribution in [1.29, 1.82) is 0 Å². The van der Waals surface area contributed by atoms with Gasteiger partial charge in [-0.2, -0.15) is 4.72 Å². The van der Waals surface area contributed by atoms with Gasteiger partial charge in [-0.15, -0.1) is 0 Å². The molecule has 0 heterocycles. The van der Waals surface area contributed by atoms with Crippen molar-refractivity contribution >= 4 is 27.7 Å². The lowest BCUT2D eigenvalue weighted by molar-refractivity contribution is -0.147. The molecule has 2 N–H and O–H groups in total. The molecule has 0 radical (unpaired) electrons. The Balaban J connectivity index is 1.77. The molecule has 1 saturated carbocycles. The Hall–Kier alpha value is -2.26. The summed E-state index contributed by atoms with van der Waals surface area (Å²) in [6.07, 6.45) is 2.16. The first-order valence-corrected chi connectivity index (χ1v) is 9.73. The lowest BCUT2D eigenvalue weighted by Crippen LogP contribution is -2.38. The Morgan fingerprint density at radius 3 is 2.35 bits per heavy atom. The summed E-state index contributed by atoms with van der Waals surface area (Å²) in [5.41, 5.74) is 0.384. The van der Waals surface area contributed by atoms with Gasteiger partial charge in [0.15, 0.2) is 12.4 Å². The van der Waals surface area contributed by atoms with Crippen LogP contribution in [0, 0.1) is 5.92 Å². The summed E-state index contributed by atoms with van der Waals surface area (Å²) in [6, 6.07) is 5.37. The summed E-state index contributed by atoms with van der Waals surface area (Å²) < 4.78 is 31.1. The highest BCUT2D eigenvalue weighted by atomic mass is 32.2. The van der Waals surface area contributed by atoms with E-state index in [1.807, 2.05) is 6.92 Å². The molecule has 2 rings (SSSR count). The quantitative estimate of drug-likeness (QED) is 0.478. The second kappa shape index (κ2) is 8.41. The van der Waals surface area contributed by atoms with E-state index in [1.165, 1.54) is 31.2 Å². The van der Waals surface area contributed by atoms with Gasteiger partial charge >= 0.3 is 5.97 Å². The average Bonchev–Trinajstić information content (AvgIpc) is 3.43. The molecule has 0 bridgehead atoms. The maximum Gasteiger partial charge on any atom is 0.321 e. The normalized spacial score (nSPS) is 15.2. The highest BCUT2D eigenvalue weighted by Gasteiger charge is 2.29. The summed E-state index contributed by atoms with van der Waals surface area (Å²) in [5.74, 6) is -0.973. The largest absolute Gasteiger partial charge is 0.455 e. The van der Waals surface area contributed by atoms with E-state index >= 15 is 0 Å². The zero-order valence-corrected chi connectivity index (χ0v) is 15.5.